The molecule has 0 saturated heterocycles. The van der Waals surface area contributed by atoms with Crippen molar-refractivity contribution < 1.29 is 5.11 Å². The summed E-state index contributed by atoms with van der Waals surface area (Å²) < 4.78 is 0. The minimum atomic E-state index is 0.0902. The zero-order valence-corrected chi connectivity index (χ0v) is 7.98. The molecule has 1 aromatic rings. The Balaban J connectivity index is 2.35. The van der Waals surface area contributed by atoms with Gasteiger partial charge in [0, 0.05) is 17.5 Å². The number of fused-ring (bicyclic) bond motifs is 1. The first-order chi connectivity index (χ1) is 6.92. The fourth-order valence-electron chi connectivity index (χ4n) is 1.71. The second-order valence-corrected chi connectivity index (χ2v) is 3.28. The van der Waals surface area contributed by atoms with Crippen molar-refractivity contribution in [1.29, 1.82) is 0 Å². The van der Waals surface area contributed by atoms with Gasteiger partial charge >= 0.3 is 0 Å². The molecule has 0 amide bonds. The Morgan fingerprint density at radius 2 is 2.43 bits per heavy atom. The van der Waals surface area contributed by atoms with E-state index in [0.29, 0.717) is 0 Å². The largest absolute Gasteiger partial charge is 0.392 e. The van der Waals surface area contributed by atoms with Gasteiger partial charge in [0.2, 0.25) is 0 Å². The zero-order chi connectivity index (χ0) is 9.80. The van der Waals surface area contributed by atoms with Gasteiger partial charge in [0.1, 0.15) is 0 Å². The topological polar surface area (TPSA) is 33.1 Å². The summed E-state index contributed by atoms with van der Waals surface area (Å²) in [5.74, 6) is 0. The molecular formula is C12H13NO. The Morgan fingerprint density at radius 1 is 1.50 bits per heavy atom. The summed E-state index contributed by atoms with van der Waals surface area (Å²) in [6.45, 7) is 0.0902. The van der Waals surface area contributed by atoms with E-state index in [4.69, 9.17) is 5.11 Å². The Bertz CT molecular complexity index is 380. The number of aryl methyl sites for hydroxylation is 1. The lowest BCUT2D eigenvalue weighted by atomic mass is 9.95. The summed E-state index contributed by atoms with van der Waals surface area (Å²) in [5, 5.41) is 8.72. The zero-order valence-electron chi connectivity index (χ0n) is 7.98. The fraction of sp³-hybridized carbons (Fsp3) is 0.250. The molecule has 1 N–H and O–H groups in total. The monoisotopic (exact) mass is 187 g/mol. The van der Waals surface area contributed by atoms with Gasteiger partial charge in [0.25, 0.3) is 0 Å². The number of aromatic nitrogens is 1. The van der Waals surface area contributed by atoms with Gasteiger partial charge in [-0.15, -0.1) is 0 Å². The van der Waals surface area contributed by atoms with Gasteiger partial charge in [0.05, 0.1) is 6.61 Å². The SMILES string of the molecule is OC/C=C/C1=CCCc2ncccc21. The van der Waals surface area contributed by atoms with Gasteiger partial charge in [-0.25, -0.2) is 0 Å². The molecule has 14 heavy (non-hydrogen) atoms. The summed E-state index contributed by atoms with van der Waals surface area (Å²) in [7, 11) is 0. The summed E-state index contributed by atoms with van der Waals surface area (Å²) in [6, 6.07) is 4.03. The molecule has 72 valence electrons. The van der Waals surface area contributed by atoms with E-state index in [9.17, 15) is 0 Å². The normalized spacial score (nSPS) is 15.4. The van der Waals surface area contributed by atoms with Gasteiger partial charge in [-0.3, -0.25) is 4.98 Å². The standard InChI is InChI=1S/C12H13NO/c14-9-3-5-10-4-1-7-12-11(10)6-2-8-13-12/h2-6,8,14H,1,7,9H2/b5-3+. The molecule has 0 aliphatic heterocycles. The maximum Gasteiger partial charge on any atom is 0.0615 e. The summed E-state index contributed by atoms with van der Waals surface area (Å²) in [4.78, 5) is 4.34. The van der Waals surface area contributed by atoms with E-state index >= 15 is 0 Å². The van der Waals surface area contributed by atoms with E-state index in [1.807, 2.05) is 18.3 Å². The van der Waals surface area contributed by atoms with Crippen molar-refractivity contribution >= 4 is 5.57 Å². The van der Waals surface area contributed by atoms with E-state index in [-0.39, 0.29) is 6.61 Å². The number of nitrogens with zero attached hydrogens (tertiary/aromatic N) is 1. The number of aliphatic hydroxyl groups excluding tert-OH is 1. The molecule has 0 saturated carbocycles. The van der Waals surface area contributed by atoms with Crippen LogP contribution in [0.5, 0.6) is 0 Å². The van der Waals surface area contributed by atoms with Gasteiger partial charge in [-0.1, -0.05) is 24.3 Å². The highest BCUT2D eigenvalue weighted by Crippen LogP contribution is 2.25. The van der Waals surface area contributed by atoms with Crippen LogP contribution in [0.1, 0.15) is 17.7 Å². The lowest BCUT2D eigenvalue weighted by Gasteiger charge is -2.13. The van der Waals surface area contributed by atoms with Crippen molar-refractivity contribution in [3.05, 3.63) is 47.8 Å². The molecule has 0 unspecified atom stereocenters. The van der Waals surface area contributed by atoms with E-state index in [1.165, 1.54) is 11.1 Å². The second kappa shape index (κ2) is 4.20. The fourth-order valence-corrected chi connectivity index (χ4v) is 1.71. The molecule has 2 nitrogen and oxygen atoms in total. The lowest BCUT2D eigenvalue weighted by molar-refractivity contribution is 0.343. The molecule has 0 radical (unpaired) electrons. The number of aliphatic hydroxyl groups is 1. The van der Waals surface area contributed by atoms with E-state index in [0.717, 1.165) is 18.5 Å². The minimum Gasteiger partial charge on any atom is -0.392 e. The molecule has 0 atom stereocenters. The summed E-state index contributed by atoms with van der Waals surface area (Å²) in [6.07, 6.45) is 9.79. The average molecular weight is 187 g/mol. The molecule has 0 spiro atoms. The quantitative estimate of drug-likeness (QED) is 0.767. The molecule has 2 rings (SSSR count). The molecule has 0 bridgehead atoms. The third kappa shape index (κ3) is 1.75. The Hall–Kier alpha value is -1.41. The predicted molar refractivity (Wildman–Crippen MR) is 56.8 cm³/mol. The number of rotatable bonds is 2. The van der Waals surface area contributed by atoms with Gasteiger partial charge in [0.15, 0.2) is 0 Å². The van der Waals surface area contributed by atoms with Crippen LogP contribution in [0.15, 0.2) is 36.6 Å². The van der Waals surface area contributed by atoms with Crippen LogP contribution in [-0.2, 0) is 6.42 Å². The highest BCUT2D eigenvalue weighted by Gasteiger charge is 2.09. The maximum atomic E-state index is 8.72. The molecule has 1 aromatic heterocycles. The molecule has 1 aliphatic carbocycles. The molecule has 2 heteroatoms. The predicted octanol–water partition coefficient (Wildman–Crippen LogP) is 1.96. The van der Waals surface area contributed by atoms with Crippen molar-refractivity contribution in [3.8, 4) is 0 Å². The minimum absolute atomic E-state index is 0.0902. The highest BCUT2D eigenvalue weighted by atomic mass is 16.2. The third-order valence-electron chi connectivity index (χ3n) is 2.35. The molecular weight excluding hydrogens is 174 g/mol. The van der Waals surface area contributed by atoms with Crippen LogP contribution in [0.3, 0.4) is 0 Å². The first-order valence-corrected chi connectivity index (χ1v) is 4.83. The van der Waals surface area contributed by atoms with Crippen molar-refractivity contribution in [3.63, 3.8) is 0 Å². The first-order valence-electron chi connectivity index (χ1n) is 4.83. The third-order valence-corrected chi connectivity index (χ3v) is 2.35. The molecule has 1 heterocycles. The van der Waals surface area contributed by atoms with Gasteiger partial charge < -0.3 is 5.11 Å². The van der Waals surface area contributed by atoms with Crippen LogP contribution < -0.4 is 0 Å². The molecule has 1 aliphatic rings. The summed E-state index contributed by atoms with van der Waals surface area (Å²) >= 11 is 0. The van der Waals surface area contributed by atoms with Crippen molar-refractivity contribution in [1.82, 2.24) is 4.98 Å². The van der Waals surface area contributed by atoms with Crippen molar-refractivity contribution in [2.75, 3.05) is 6.61 Å². The highest BCUT2D eigenvalue weighted by molar-refractivity contribution is 5.76. The number of allylic oxidation sites excluding steroid dienone is 3. The van der Waals surface area contributed by atoms with Crippen LogP contribution in [0, 0.1) is 0 Å². The van der Waals surface area contributed by atoms with E-state index in [2.05, 4.69) is 17.1 Å². The van der Waals surface area contributed by atoms with Crippen LogP contribution in [0.25, 0.3) is 5.57 Å². The number of hydrogen-bond donors (Lipinski definition) is 1. The number of pyridine rings is 1. The smallest absolute Gasteiger partial charge is 0.0615 e. The van der Waals surface area contributed by atoms with Crippen LogP contribution >= 0.6 is 0 Å². The van der Waals surface area contributed by atoms with Crippen LogP contribution in [-0.4, -0.2) is 16.7 Å². The maximum absolute atomic E-state index is 8.72. The van der Waals surface area contributed by atoms with Crippen LogP contribution in [0.4, 0.5) is 0 Å². The molecule has 0 aromatic carbocycles. The average Bonchev–Trinajstić information content (AvgIpc) is 2.26. The first kappa shape index (κ1) is 9.16. The van der Waals surface area contributed by atoms with Crippen molar-refractivity contribution in [2.24, 2.45) is 0 Å². The molecule has 0 fully saturated rings. The van der Waals surface area contributed by atoms with Crippen LogP contribution in [0.2, 0.25) is 0 Å². The van der Waals surface area contributed by atoms with Crippen molar-refractivity contribution in [2.45, 2.75) is 12.8 Å². The Morgan fingerprint density at radius 3 is 3.29 bits per heavy atom. The Kier molecular flexibility index (Phi) is 2.75. The van der Waals surface area contributed by atoms with Gasteiger partial charge in [-0.2, -0.15) is 0 Å². The summed E-state index contributed by atoms with van der Waals surface area (Å²) in [5.41, 5.74) is 3.53. The van der Waals surface area contributed by atoms with E-state index in [1.54, 1.807) is 6.08 Å². The Labute approximate surface area is 83.6 Å². The lowest BCUT2D eigenvalue weighted by Crippen LogP contribution is -2.00. The van der Waals surface area contributed by atoms with E-state index < -0.39 is 0 Å². The number of hydrogen-bond acceptors (Lipinski definition) is 2. The van der Waals surface area contributed by atoms with Gasteiger partial charge in [-0.05, 0) is 24.5 Å². The second-order valence-electron chi connectivity index (χ2n) is 3.28.